The highest BCUT2D eigenvalue weighted by Crippen LogP contribution is 2.33. The van der Waals surface area contributed by atoms with Crippen molar-refractivity contribution in [3.05, 3.63) is 64.7 Å². The quantitative estimate of drug-likeness (QED) is 0.777. The van der Waals surface area contributed by atoms with Crippen LogP contribution in [0.25, 0.3) is 0 Å². The predicted octanol–water partition coefficient (Wildman–Crippen LogP) is 2.81. The number of ether oxygens (including phenoxy) is 2. The summed E-state index contributed by atoms with van der Waals surface area (Å²) in [4.78, 5) is 17.5. The van der Waals surface area contributed by atoms with Gasteiger partial charge in [0.05, 0.1) is 19.8 Å². The van der Waals surface area contributed by atoms with Gasteiger partial charge in [-0.1, -0.05) is 30.3 Å². The second-order valence-electron chi connectivity index (χ2n) is 8.66. The molecule has 3 aliphatic heterocycles. The molecule has 6 heteroatoms. The van der Waals surface area contributed by atoms with E-state index in [9.17, 15) is 4.79 Å². The van der Waals surface area contributed by atoms with Gasteiger partial charge in [0.2, 0.25) is 0 Å². The average molecular weight is 422 g/mol. The van der Waals surface area contributed by atoms with Gasteiger partial charge in [-0.25, -0.2) is 0 Å². The molecule has 3 heterocycles. The van der Waals surface area contributed by atoms with E-state index in [-0.39, 0.29) is 11.9 Å². The molecule has 0 aromatic heterocycles. The lowest BCUT2D eigenvalue weighted by Crippen LogP contribution is -2.46. The van der Waals surface area contributed by atoms with Crippen molar-refractivity contribution in [3.63, 3.8) is 0 Å². The Morgan fingerprint density at radius 3 is 2.71 bits per heavy atom. The third-order valence-electron chi connectivity index (χ3n) is 6.66. The molecule has 1 N–H and O–H groups in total. The Hall–Kier alpha value is -2.41. The lowest BCUT2D eigenvalue weighted by Gasteiger charge is -2.31. The van der Waals surface area contributed by atoms with E-state index in [1.807, 2.05) is 23.1 Å². The van der Waals surface area contributed by atoms with Crippen LogP contribution in [0.4, 0.5) is 0 Å². The molecule has 0 saturated carbocycles. The van der Waals surface area contributed by atoms with Gasteiger partial charge in [0.1, 0.15) is 12.4 Å². The Bertz CT molecular complexity index is 920. The van der Waals surface area contributed by atoms with E-state index in [1.54, 1.807) is 0 Å². The van der Waals surface area contributed by atoms with Gasteiger partial charge in [0, 0.05) is 43.3 Å². The second-order valence-corrected chi connectivity index (χ2v) is 8.66. The lowest BCUT2D eigenvalue weighted by molar-refractivity contribution is 0.0339. The Balaban J connectivity index is 1.29. The molecule has 6 nitrogen and oxygen atoms in total. The molecule has 2 aromatic rings. The van der Waals surface area contributed by atoms with Gasteiger partial charge >= 0.3 is 0 Å². The van der Waals surface area contributed by atoms with Gasteiger partial charge in [0.25, 0.3) is 5.91 Å². The summed E-state index contributed by atoms with van der Waals surface area (Å²) in [5, 5.41) is 3.42. The van der Waals surface area contributed by atoms with Crippen LogP contribution in [-0.2, 0) is 24.4 Å². The van der Waals surface area contributed by atoms with E-state index in [2.05, 4.69) is 34.5 Å². The van der Waals surface area contributed by atoms with Crippen LogP contribution < -0.4 is 10.1 Å². The minimum absolute atomic E-state index is 0.141. The molecule has 0 aliphatic carbocycles. The van der Waals surface area contributed by atoms with Gasteiger partial charge in [-0.05, 0) is 42.6 Å². The van der Waals surface area contributed by atoms with Gasteiger partial charge < -0.3 is 19.7 Å². The molecular weight excluding hydrogens is 390 g/mol. The fourth-order valence-electron chi connectivity index (χ4n) is 4.86. The monoisotopic (exact) mass is 421 g/mol. The maximum Gasteiger partial charge on any atom is 0.254 e. The number of nitrogens with one attached hydrogen (secondary N) is 1. The summed E-state index contributed by atoms with van der Waals surface area (Å²) in [7, 11) is 0. The SMILES string of the molecule is O=C1c2cccc(OCc3ccccc3CN3CCOCC3)c2CN1C1CCCNC1. The minimum Gasteiger partial charge on any atom is -0.489 e. The smallest absolute Gasteiger partial charge is 0.254 e. The highest BCUT2D eigenvalue weighted by atomic mass is 16.5. The Labute approximate surface area is 184 Å². The molecule has 1 atom stereocenters. The number of benzene rings is 2. The third-order valence-corrected chi connectivity index (χ3v) is 6.66. The van der Waals surface area contributed by atoms with Crippen LogP contribution in [0.3, 0.4) is 0 Å². The normalized spacial score (nSPS) is 21.9. The molecule has 2 fully saturated rings. The molecule has 2 saturated heterocycles. The summed E-state index contributed by atoms with van der Waals surface area (Å²) in [5.41, 5.74) is 4.32. The van der Waals surface area contributed by atoms with Gasteiger partial charge in [-0.3, -0.25) is 9.69 Å². The molecule has 1 unspecified atom stereocenters. The molecule has 5 rings (SSSR count). The van der Waals surface area contributed by atoms with E-state index < -0.39 is 0 Å². The van der Waals surface area contributed by atoms with Crippen LogP contribution in [0.1, 0.15) is 39.9 Å². The van der Waals surface area contributed by atoms with Crippen molar-refractivity contribution in [2.75, 3.05) is 39.4 Å². The number of rotatable bonds is 6. The van der Waals surface area contributed by atoms with E-state index in [0.29, 0.717) is 13.2 Å². The second kappa shape index (κ2) is 9.39. The van der Waals surface area contributed by atoms with Crippen LogP contribution >= 0.6 is 0 Å². The third kappa shape index (κ3) is 4.47. The minimum atomic E-state index is 0.141. The molecule has 2 aromatic carbocycles. The first-order valence-corrected chi connectivity index (χ1v) is 11.4. The summed E-state index contributed by atoms with van der Waals surface area (Å²) in [6.07, 6.45) is 2.19. The van der Waals surface area contributed by atoms with E-state index in [1.165, 1.54) is 11.1 Å². The highest BCUT2D eigenvalue weighted by molar-refractivity contribution is 5.99. The number of fused-ring (bicyclic) bond motifs is 1. The van der Waals surface area contributed by atoms with Crippen molar-refractivity contribution in [1.29, 1.82) is 0 Å². The van der Waals surface area contributed by atoms with Crippen LogP contribution in [0.15, 0.2) is 42.5 Å². The van der Waals surface area contributed by atoms with Gasteiger partial charge in [-0.2, -0.15) is 0 Å². The standard InChI is InChI=1S/C25H31N3O3/c29-25-22-8-3-9-24(23(22)17-28(25)21-7-4-10-26-15-21)31-18-20-6-2-1-5-19(20)16-27-11-13-30-14-12-27/h1-3,5-6,8-9,21,26H,4,7,10-18H2. The topological polar surface area (TPSA) is 54.0 Å². The zero-order valence-electron chi connectivity index (χ0n) is 18.0. The number of hydrogen-bond donors (Lipinski definition) is 1. The van der Waals surface area contributed by atoms with Crippen LogP contribution in [0, 0.1) is 0 Å². The fourth-order valence-corrected chi connectivity index (χ4v) is 4.86. The van der Waals surface area contributed by atoms with Crippen LogP contribution in [0.2, 0.25) is 0 Å². The van der Waals surface area contributed by atoms with E-state index >= 15 is 0 Å². The van der Waals surface area contributed by atoms with Gasteiger partial charge in [0.15, 0.2) is 0 Å². The summed E-state index contributed by atoms with van der Waals surface area (Å²) in [6, 6.07) is 14.6. The fraction of sp³-hybridized carbons (Fsp3) is 0.480. The number of carbonyl (C=O) groups is 1. The number of amides is 1. The van der Waals surface area contributed by atoms with Crippen LogP contribution in [-0.4, -0.2) is 61.1 Å². The Morgan fingerprint density at radius 2 is 1.90 bits per heavy atom. The number of nitrogens with zero attached hydrogens (tertiary/aromatic N) is 2. The van der Waals surface area contributed by atoms with Crippen molar-refractivity contribution in [1.82, 2.24) is 15.1 Å². The maximum atomic E-state index is 13.0. The van der Waals surface area contributed by atoms with Crippen molar-refractivity contribution in [2.24, 2.45) is 0 Å². The van der Waals surface area contributed by atoms with Gasteiger partial charge in [-0.15, -0.1) is 0 Å². The average Bonchev–Trinajstić information content (AvgIpc) is 3.17. The Kier molecular flexibility index (Phi) is 6.20. The summed E-state index contributed by atoms with van der Waals surface area (Å²) >= 11 is 0. The molecule has 1 amide bonds. The first kappa shape index (κ1) is 20.5. The summed E-state index contributed by atoms with van der Waals surface area (Å²) < 4.78 is 11.8. The Morgan fingerprint density at radius 1 is 1.06 bits per heavy atom. The number of piperidine rings is 1. The van der Waals surface area contributed by atoms with E-state index in [4.69, 9.17) is 9.47 Å². The van der Waals surface area contributed by atoms with Crippen molar-refractivity contribution >= 4 is 5.91 Å². The first-order chi connectivity index (χ1) is 15.3. The van der Waals surface area contributed by atoms with Crippen LogP contribution in [0.5, 0.6) is 5.75 Å². The lowest BCUT2D eigenvalue weighted by atomic mass is 10.1. The van der Waals surface area contributed by atoms with E-state index in [0.717, 1.165) is 75.7 Å². The number of morpholine rings is 1. The van der Waals surface area contributed by atoms with Crippen molar-refractivity contribution in [2.45, 2.75) is 38.6 Å². The maximum absolute atomic E-state index is 13.0. The summed E-state index contributed by atoms with van der Waals surface area (Å²) in [5.74, 6) is 0.972. The zero-order chi connectivity index (χ0) is 21.0. The number of carbonyl (C=O) groups excluding carboxylic acids is 1. The zero-order valence-corrected chi connectivity index (χ0v) is 18.0. The molecule has 3 aliphatic rings. The first-order valence-electron chi connectivity index (χ1n) is 11.4. The molecular formula is C25H31N3O3. The summed E-state index contributed by atoms with van der Waals surface area (Å²) in [6.45, 7) is 7.53. The number of hydrogen-bond acceptors (Lipinski definition) is 5. The van der Waals surface area contributed by atoms with Crippen molar-refractivity contribution in [3.8, 4) is 5.75 Å². The predicted molar refractivity (Wildman–Crippen MR) is 119 cm³/mol. The molecule has 0 spiro atoms. The van der Waals surface area contributed by atoms with Crippen molar-refractivity contribution < 1.29 is 14.3 Å². The largest absolute Gasteiger partial charge is 0.489 e. The molecule has 164 valence electrons. The molecule has 0 radical (unpaired) electrons. The highest BCUT2D eigenvalue weighted by Gasteiger charge is 2.35. The molecule has 31 heavy (non-hydrogen) atoms. The molecule has 0 bridgehead atoms.